The Labute approximate surface area is 83.8 Å². The molecule has 0 aliphatic carbocycles. The number of carboxylic acids is 1. The first-order chi connectivity index (χ1) is 6.57. The van der Waals surface area contributed by atoms with Crippen LogP contribution < -0.4 is 5.73 Å². The summed E-state index contributed by atoms with van der Waals surface area (Å²) in [6.45, 7) is 2.07. The molecule has 0 rings (SSSR count). The van der Waals surface area contributed by atoms with Crippen molar-refractivity contribution < 1.29 is 14.7 Å². The molecule has 0 aromatic carbocycles. The highest BCUT2D eigenvalue weighted by molar-refractivity contribution is 5.83. The molecule has 0 aromatic heterocycles. The number of carboxylic acid groups (broad SMARTS) is 1. The third-order valence-electron chi connectivity index (χ3n) is 1.85. The first kappa shape index (κ1) is 12.7. The minimum absolute atomic E-state index is 0.224. The zero-order chi connectivity index (χ0) is 11.0. The monoisotopic (exact) mass is 199 g/mol. The molecule has 0 saturated heterocycles. The lowest BCUT2D eigenvalue weighted by molar-refractivity contribution is -0.139. The lowest BCUT2D eigenvalue weighted by atomic mass is 10.0. The van der Waals surface area contributed by atoms with Crippen LogP contribution in [0.15, 0.2) is 12.2 Å². The van der Waals surface area contributed by atoms with Gasteiger partial charge in [0.2, 0.25) is 5.91 Å². The van der Waals surface area contributed by atoms with Crippen LogP contribution in [-0.2, 0) is 9.59 Å². The minimum Gasteiger partial charge on any atom is -0.481 e. The first-order valence-corrected chi connectivity index (χ1v) is 4.75. The van der Waals surface area contributed by atoms with E-state index in [0.29, 0.717) is 0 Å². The molecule has 0 fully saturated rings. The van der Waals surface area contributed by atoms with Crippen LogP contribution >= 0.6 is 0 Å². The summed E-state index contributed by atoms with van der Waals surface area (Å²) in [7, 11) is 0. The maximum absolute atomic E-state index is 10.8. The number of hydrogen-bond donors (Lipinski definition) is 2. The van der Waals surface area contributed by atoms with E-state index in [4.69, 9.17) is 10.8 Å². The van der Waals surface area contributed by atoms with Gasteiger partial charge in [0.15, 0.2) is 0 Å². The molecule has 0 aliphatic rings. The average Bonchev–Trinajstić information content (AvgIpc) is 2.09. The molecule has 14 heavy (non-hydrogen) atoms. The van der Waals surface area contributed by atoms with Gasteiger partial charge in [-0.2, -0.15) is 0 Å². The van der Waals surface area contributed by atoms with Gasteiger partial charge in [0.05, 0.1) is 12.3 Å². The zero-order valence-electron chi connectivity index (χ0n) is 8.40. The highest BCUT2D eigenvalue weighted by Crippen LogP contribution is 2.06. The molecule has 0 radical (unpaired) electrons. The second-order valence-electron chi connectivity index (χ2n) is 3.18. The number of carbonyl (C=O) groups is 2. The van der Waals surface area contributed by atoms with Crippen LogP contribution in [0.25, 0.3) is 0 Å². The van der Waals surface area contributed by atoms with Crippen molar-refractivity contribution in [2.24, 2.45) is 11.7 Å². The fraction of sp³-hybridized carbons (Fsp3) is 0.600. The fourth-order valence-corrected chi connectivity index (χ4v) is 1.03. The highest BCUT2D eigenvalue weighted by Gasteiger charge is 2.15. The predicted molar refractivity (Wildman–Crippen MR) is 53.6 cm³/mol. The van der Waals surface area contributed by atoms with Gasteiger partial charge < -0.3 is 10.8 Å². The van der Waals surface area contributed by atoms with E-state index in [0.717, 1.165) is 19.3 Å². The first-order valence-electron chi connectivity index (χ1n) is 4.75. The van der Waals surface area contributed by atoms with Crippen molar-refractivity contribution in [1.82, 2.24) is 0 Å². The molecule has 3 N–H and O–H groups in total. The average molecular weight is 199 g/mol. The molecule has 0 saturated carbocycles. The zero-order valence-corrected chi connectivity index (χ0v) is 8.40. The summed E-state index contributed by atoms with van der Waals surface area (Å²) in [6, 6.07) is 0. The lowest BCUT2D eigenvalue weighted by Gasteiger charge is -2.04. The standard InChI is InChI=1S/C10H17NO3/c1-2-3-4-5-6-8(10(11)14)7-9(12)13/h5-6,8H,2-4,7H2,1H3,(H2,11,14)(H,12,13). The number of hydrogen-bond acceptors (Lipinski definition) is 2. The van der Waals surface area contributed by atoms with Crippen molar-refractivity contribution >= 4 is 11.9 Å². The van der Waals surface area contributed by atoms with Gasteiger partial charge in [-0.3, -0.25) is 9.59 Å². The van der Waals surface area contributed by atoms with Gasteiger partial charge in [-0.25, -0.2) is 0 Å². The van der Waals surface area contributed by atoms with Crippen LogP contribution in [-0.4, -0.2) is 17.0 Å². The number of allylic oxidation sites excluding steroid dienone is 1. The second-order valence-corrected chi connectivity index (χ2v) is 3.18. The third kappa shape index (κ3) is 6.22. The Morgan fingerprint density at radius 2 is 2.14 bits per heavy atom. The molecule has 1 amide bonds. The largest absolute Gasteiger partial charge is 0.481 e. The number of primary amides is 1. The highest BCUT2D eigenvalue weighted by atomic mass is 16.4. The van der Waals surface area contributed by atoms with Gasteiger partial charge >= 0.3 is 5.97 Å². The summed E-state index contributed by atoms with van der Waals surface area (Å²) in [4.78, 5) is 21.2. The quantitative estimate of drug-likeness (QED) is 0.479. The van der Waals surface area contributed by atoms with Gasteiger partial charge in [-0.05, 0) is 6.42 Å². The molecule has 80 valence electrons. The Hall–Kier alpha value is -1.32. The van der Waals surface area contributed by atoms with E-state index in [-0.39, 0.29) is 6.42 Å². The molecule has 0 heterocycles. The fourth-order valence-electron chi connectivity index (χ4n) is 1.03. The Kier molecular flexibility index (Phi) is 6.45. The van der Waals surface area contributed by atoms with E-state index in [9.17, 15) is 9.59 Å². The topological polar surface area (TPSA) is 80.4 Å². The molecule has 4 heteroatoms. The van der Waals surface area contributed by atoms with E-state index >= 15 is 0 Å². The van der Waals surface area contributed by atoms with Crippen molar-refractivity contribution in [3.05, 3.63) is 12.2 Å². The summed E-state index contributed by atoms with van der Waals surface area (Å²) in [5, 5.41) is 8.49. The number of carbonyl (C=O) groups excluding carboxylic acids is 1. The number of rotatable bonds is 7. The van der Waals surface area contributed by atoms with E-state index in [2.05, 4.69) is 6.92 Å². The summed E-state index contributed by atoms with van der Waals surface area (Å²) < 4.78 is 0. The van der Waals surface area contributed by atoms with Crippen LogP contribution in [0.4, 0.5) is 0 Å². The Bertz CT molecular complexity index is 223. The molecule has 4 nitrogen and oxygen atoms in total. The van der Waals surface area contributed by atoms with Crippen LogP contribution in [0.2, 0.25) is 0 Å². The molecule has 0 spiro atoms. The second kappa shape index (κ2) is 7.12. The maximum atomic E-state index is 10.8. The lowest BCUT2D eigenvalue weighted by Crippen LogP contribution is -2.23. The number of unbranched alkanes of at least 4 members (excludes halogenated alkanes) is 2. The van der Waals surface area contributed by atoms with Crippen molar-refractivity contribution in [1.29, 1.82) is 0 Å². The van der Waals surface area contributed by atoms with Crippen molar-refractivity contribution in [2.45, 2.75) is 32.6 Å². The predicted octanol–water partition coefficient (Wildman–Crippen LogP) is 1.31. The van der Waals surface area contributed by atoms with Crippen LogP contribution in [0.5, 0.6) is 0 Å². The molecular formula is C10H17NO3. The Morgan fingerprint density at radius 3 is 2.57 bits per heavy atom. The number of aliphatic carboxylic acids is 1. The van der Waals surface area contributed by atoms with Crippen molar-refractivity contribution in [3.8, 4) is 0 Å². The van der Waals surface area contributed by atoms with Crippen LogP contribution in [0.3, 0.4) is 0 Å². The Balaban J connectivity index is 4.02. The minimum atomic E-state index is -1.01. The van der Waals surface area contributed by atoms with Gasteiger partial charge in [-0.15, -0.1) is 0 Å². The van der Waals surface area contributed by atoms with E-state index in [1.54, 1.807) is 6.08 Å². The van der Waals surface area contributed by atoms with E-state index < -0.39 is 17.8 Å². The van der Waals surface area contributed by atoms with E-state index in [1.807, 2.05) is 6.08 Å². The molecule has 1 unspecified atom stereocenters. The van der Waals surface area contributed by atoms with Gasteiger partial charge in [0, 0.05) is 0 Å². The maximum Gasteiger partial charge on any atom is 0.304 e. The molecular weight excluding hydrogens is 182 g/mol. The summed E-state index contributed by atoms with van der Waals surface area (Å²) in [5.41, 5.74) is 5.05. The molecule has 0 aliphatic heterocycles. The summed E-state index contributed by atoms with van der Waals surface area (Å²) in [5.74, 6) is -2.27. The normalized spacial score (nSPS) is 12.9. The number of amides is 1. The summed E-state index contributed by atoms with van der Waals surface area (Å²) in [6.07, 6.45) is 6.16. The van der Waals surface area contributed by atoms with Gasteiger partial charge in [0.25, 0.3) is 0 Å². The molecule has 1 atom stereocenters. The van der Waals surface area contributed by atoms with Gasteiger partial charge in [-0.1, -0.05) is 31.9 Å². The number of nitrogens with two attached hydrogens (primary N) is 1. The smallest absolute Gasteiger partial charge is 0.304 e. The third-order valence-corrected chi connectivity index (χ3v) is 1.85. The van der Waals surface area contributed by atoms with Gasteiger partial charge in [0.1, 0.15) is 0 Å². The van der Waals surface area contributed by atoms with Crippen LogP contribution in [0.1, 0.15) is 32.6 Å². The molecule has 0 aromatic rings. The Morgan fingerprint density at radius 1 is 1.50 bits per heavy atom. The summed E-state index contributed by atoms with van der Waals surface area (Å²) >= 11 is 0. The van der Waals surface area contributed by atoms with Crippen LogP contribution in [0, 0.1) is 5.92 Å². The van der Waals surface area contributed by atoms with Crippen molar-refractivity contribution in [3.63, 3.8) is 0 Å². The van der Waals surface area contributed by atoms with Crippen molar-refractivity contribution in [2.75, 3.05) is 0 Å². The van der Waals surface area contributed by atoms with E-state index in [1.165, 1.54) is 0 Å². The SMILES string of the molecule is CCCCC=CC(CC(=O)O)C(N)=O. The molecule has 0 bridgehead atoms.